The van der Waals surface area contributed by atoms with Crippen LogP contribution in [0.5, 0.6) is 0 Å². The number of aliphatic hydroxyl groups is 1. The number of sulfone groups is 1. The second-order valence-electron chi connectivity index (χ2n) is 16.7. The number of rotatable bonds is 21. The van der Waals surface area contributed by atoms with Crippen LogP contribution in [-0.4, -0.2) is 83.2 Å². The average Bonchev–Trinajstić information content (AvgIpc) is 3.57. The van der Waals surface area contributed by atoms with Gasteiger partial charge < -0.3 is 19.3 Å². The summed E-state index contributed by atoms with van der Waals surface area (Å²) in [5, 5.41) is 11.5. The molecule has 0 spiro atoms. The smallest absolute Gasteiger partial charge is 0.311 e. The van der Waals surface area contributed by atoms with Crippen molar-refractivity contribution < 1.29 is 45.1 Å². The van der Waals surface area contributed by atoms with Crippen LogP contribution < -0.4 is 0 Å². The number of hydrogen-bond donors (Lipinski definition) is 1. The summed E-state index contributed by atoms with van der Waals surface area (Å²) >= 11 is 0. The summed E-state index contributed by atoms with van der Waals surface area (Å²) in [6.45, 7) is 22.4. The van der Waals surface area contributed by atoms with Gasteiger partial charge in [-0.15, -0.1) is 0 Å². The molecule has 12 heteroatoms. The lowest BCUT2D eigenvalue weighted by Gasteiger charge is -2.28. The third kappa shape index (κ3) is 14.2. The molecule has 10 atom stereocenters. The van der Waals surface area contributed by atoms with Crippen molar-refractivity contribution in [1.82, 2.24) is 0 Å². The van der Waals surface area contributed by atoms with Gasteiger partial charge in [0.25, 0.3) is 10.1 Å². The van der Waals surface area contributed by atoms with E-state index in [-0.39, 0.29) is 59.1 Å². The zero-order valence-electron chi connectivity index (χ0n) is 33.3. The van der Waals surface area contributed by atoms with E-state index in [1.165, 1.54) is 0 Å². The van der Waals surface area contributed by atoms with E-state index in [0.29, 0.717) is 56.6 Å². The molecule has 1 N–H and O–H groups in total. The number of aliphatic hydroxyl groups excluding tert-OH is 1. The highest BCUT2D eigenvalue weighted by molar-refractivity contribution is 7.91. The Bertz CT molecular complexity index is 1570. The van der Waals surface area contributed by atoms with Crippen LogP contribution in [0, 0.1) is 29.1 Å². The van der Waals surface area contributed by atoms with Crippen LogP contribution in [0.4, 0.5) is 0 Å². The second-order valence-corrected chi connectivity index (χ2v) is 20.3. The van der Waals surface area contributed by atoms with E-state index in [1.54, 1.807) is 30.3 Å². The fourth-order valence-corrected chi connectivity index (χ4v) is 9.79. The Kier molecular flexibility index (Phi) is 16.8. The van der Waals surface area contributed by atoms with Crippen LogP contribution in [0.3, 0.4) is 0 Å². The van der Waals surface area contributed by atoms with Gasteiger partial charge in [-0.3, -0.25) is 8.98 Å². The van der Waals surface area contributed by atoms with Gasteiger partial charge in [0, 0.05) is 12.3 Å². The van der Waals surface area contributed by atoms with E-state index in [9.17, 15) is 26.7 Å². The molecule has 1 aromatic rings. The Morgan fingerprint density at radius 1 is 1.04 bits per heavy atom. The molecule has 2 aliphatic heterocycles. The first-order chi connectivity index (χ1) is 24.6. The second kappa shape index (κ2) is 19.7. The predicted molar refractivity (Wildman–Crippen MR) is 208 cm³/mol. The van der Waals surface area contributed by atoms with Crippen LogP contribution in [0.1, 0.15) is 106 Å². The molecule has 0 aliphatic carbocycles. The number of esters is 1. The van der Waals surface area contributed by atoms with Crippen LogP contribution >= 0.6 is 0 Å². The van der Waals surface area contributed by atoms with Gasteiger partial charge in [-0.05, 0) is 107 Å². The van der Waals surface area contributed by atoms with Gasteiger partial charge in [0.05, 0.1) is 65.5 Å². The summed E-state index contributed by atoms with van der Waals surface area (Å²) in [5.74, 6) is -0.583. The number of hydrogen-bond acceptors (Lipinski definition) is 10. The van der Waals surface area contributed by atoms with Crippen molar-refractivity contribution in [2.24, 2.45) is 29.1 Å². The SMILES string of the molecule is C=C1C[C@H](CCCOC(=O)C(C)(C)C)OC1CC[C@H](C[C@@H](C)C(=C)C(O)C[C@@H]1O[C@H](C[C@H](C)CC)[C@H](C)[C@H]1CS(=O)(=O)c1ccccc1)OS(C)(=O)=O. The predicted octanol–water partition coefficient (Wildman–Crippen LogP) is 7.46. The molecule has 2 fully saturated rings. The molecule has 2 aliphatic rings. The van der Waals surface area contributed by atoms with E-state index >= 15 is 0 Å². The third-order valence-corrected chi connectivity index (χ3v) is 13.4. The molecule has 2 heterocycles. The minimum Gasteiger partial charge on any atom is -0.465 e. The van der Waals surface area contributed by atoms with Crippen molar-refractivity contribution in [1.29, 1.82) is 0 Å². The first kappa shape index (κ1) is 45.3. The standard InChI is InChI=1S/C41H66O10S2/c1-11-27(2)22-38-31(6)35(26-53(46,47)34-17-13-12-14-18-34)39(50-38)25-36(42)30(5)28(3)23-33(51-52(10,44)45)19-20-37-29(4)24-32(49-37)16-15-21-48-40(43)41(7,8)9/h12-14,17-18,27-28,31-33,35-39,42H,4-5,11,15-16,19-26H2,1-3,6-10H3/t27-,28-,31-,32+,33-,35-,36?,37?,38-,39+/m1/s1. The minimum absolute atomic E-state index is 0.0314. The fourth-order valence-electron chi connectivity index (χ4n) is 7.33. The van der Waals surface area contributed by atoms with Gasteiger partial charge >= 0.3 is 5.97 Å². The molecule has 2 saturated heterocycles. The van der Waals surface area contributed by atoms with Crippen molar-refractivity contribution in [3.8, 4) is 0 Å². The highest BCUT2D eigenvalue weighted by Crippen LogP contribution is 2.41. The van der Waals surface area contributed by atoms with Gasteiger partial charge in [0.1, 0.15) is 0 Å². The van der Waals surface area contributed by atoms with E-state index < -0.39 is 43.7 Å². The molecule has 0 amide bonds. The maximum atomic E-state index is 13.5. The van der Waals surface area contributed by atoms with E-state index in [2.05, 4.69) is 27.0 Å². The van der Waals surface area contributed by atoms with Gasteiger partial charge in [-0.2, -0.15) is 8.42 Å². The maximum absolute atomic E-state index is 13.5. The molecule has 10 nitrogen and oxygen atoms in total. The first-order valence-electron chi connectivity index (χ1n) is 19.3. The van der Waals surface area contributed by atoms with Gasteiger partial charge in [0.15, 0.2) is 9.84 Å². The molecule has 0 bridgehead atoms. The molecule has 2 unspecified atom stereocenters. The largest absolute Gasteiger partial charge is 0.465 e. The van der Waals surface area contributed by atoms with Gasteiger partial charge in [-0.1, -0.05) is 65.5 Å². The average molecular weight is 783 g/mol. The Balaban J connectivity index is 1.62. The topological polar surface area (TPSA) is 142 Å². The summed E-state index contributed by atoms with van der Waals surface area (Å²) in [5.41, 5.74) is 0.910. The molecule has 53 heavy (non-hydrogen) atoms. The Morgan fingerprint density at radius 3 is 2.30 bits per heavy atom. The highest BCUT2D eigenvalue weighted by Gasteiger charge is 2.45. The van der Waals surface area contributed by atoms with Gasteiger partial charge in [-0.25, -0.2) is 8.42 Å². The van der Waals surface area contributed by atoms with Crippen molar-refractivity contribution >= 4 is 25.9 Å². The van der Waals surface area contributed by atoms with Crippen LogP contribution in [-0.2, 0) is 43.1 Å². The highest BCUT2D eigenvalue weighted by atomic mass is 32.2. The number of carbonyl (C=O) groups excluding carboxylic acids is 1. The Hall–Kier alpha value is -2.09. The normalized spacial score (nSPS) is 26.2. The van der Waals surface area contributed by atoms with Crippen molar-refractivity contribution in [3.05, 3.63) is 54.6 Å². The maximum Gasteiger partial charge on any atom is 0.311 e. The van der Waals surface area contributed by atoms with Crippen molar-refractivity contribution in [2.75, 3.05) is 18.6 Å². The van der Waals surface area contributed by atoms with Gasteiger partial charge in [0.2, 0.25) is 0 Å². The Morgan fingerprint density at radius 2 is 1.70 bits per heavy atom. The molecule has 302 valence electrons. The van der Waals surface area contributed by atoms with E-state index in [1.807, 2.05) is 34.6 Å². The lowest BCUT2D eigenvalue weighted by Crippen LogP contribution is -2.32. The summed E-state index contributed by atoms with van der Waals surface area (Å²) < 4.78 is 75.3. The molecule has 0 aromatic heterocycles. The monoisotopic (exact) mass is 782 g/mol. The molecule has 1 aromatic carbocycles. The van der Waals surface area contributed by atoms with Crippen LogP contribution in [0.15, 0.2) is 59.5 Å². The molecule has 0 saturated carbocycles. The lowest BCUT2D eigenvalue weighted by atomic mass is 9.83. The zero-order chi connectivity index (χ0) is 39.7. The van der Waals surface area contributed by atoms with Crippen LogP contribution in [0.2, 0.25) is 0 Å². The molecule has 0 radical (unpaired) electrons. The van der Waals surface area contributed by atoms with E-state index in [4.69, 9.17) is 18.4 Å². The number of carbonyl (C=O) groups is 1. The van der Waals surface area contributed by atoms with Crippen molar-refractivity contribution in [3.63, 3.8) is 0 Å². The number of benzene rings is 1. The summed E-state index contributed by atoms with van der Waals surface area (Å²) in [6, 6.07) is 8.43. The summed E-state index contributed by atoms with van der Waals surface area (Å²) in [4.78, 5) is 12.3. The van der Waals surface area contributed by atoms with E-state index in [0.717, 1.165) is 24.7 Å². The molecular formula is C41H66O10S2. The summed E-state index contributed by atoms with van der Waals surface area (Å²) in [7, 11) is -7.38. The van der Waals surface area contributed by atoms with Crippen LogP contribution in [0.25, 0.3) is 0 Å². The summed E-state index contributed by atoms with van der Waals surface area (Å²) in [6.07, 6.45) is 3.66. The minimum atomic E-state index is -3.78. The quantitative estimate of drug-likeness (QED) is 0.0578. The third-order valence-electron chi connectivity index (χ3n) is 10.9. The zero-order valence-corrected chi connectivity index (χ0v) is 34.9. The first-order valence-corrected chi connectivity index (χ1v) is 22.8. The molecule has 3 rings (SSSR count). The fraction of sp³-hybridized carbons (Fsp3) is 0.732. The van der Waals surface area contributed by atoms with Crippen molar-refractivity contribution in [2.45, 2.75) is 148 Å². The lowest BCUT2D eigenvalue weighted by molar-refractivity contribution is -0.153. The Labute approximate surface area is 320 Å². The molecular weight excluding hydrogens is 717 g/mol. The number of ether oxygens (including phenoxy) is 3.